The number of esters is 2. The van der Waals surface area contributed by atoms with E-state index in [1.807, 2.05) is 6.08 Å². The van der Waals surface area contributed by atoms with Crippen molar-refractivity contribution in [2.24, 2.45) is 0 Å². The smallest absolute Gasteiger partial charge is 0.462 e. The van der Waals surface area contributed by atoms with Gasteiger partial charge in [0.2, 0.25) is 0 Å². The lowest BCUT2D eigenvalue weighted by atomic mass is 10.1. The molecule has 0 aromatic rings. The van der Waals surface area contributed by atoms with Crippen LogP contribution >= 0.6 is 15.6 Å². The van der Waals surface area contributed by atoms with E-state index in [9.17, 15) is 38.9 Å². The second kappa shape index (κ2) is 41.2. The van der Waals surface area contributed by atoms with Gasteiger partial charge in [0.25, 0.3) is 0 Å². The molecule has 5 atom stereocenters. The Bertz CT molecular complexity index is 1380. The highest BCUT2D eigenvalue weighted by atomic mass is 31.2. The molecule has 63 heavy (non-hydrogen) atoms. The van der Waals surface area contributed by atoms with Gasteiger partial charge in [0.1, 0.15) is 12.7 Å². The van der Waals surface area contributed by atoms with E-state index in [4.69, 9.17) is 23.8 Å². The van der Waals surface area contributed by atoms with E-state index in [1.165, 1.54) is 51.4 Å². The average Bonchev–Trinajstić information content (AvgIpc) is 3.23. The maximum absolute atomic E-state index is 12.7. The molecule has 0 aliphatic carbocycles. The summed E-state index contributed by atoms with van der Waals surface area (Å²) in [6.07, 6.45) is 36.9. The molecule has 0 aliphatic heterocycles. The van der Waals surface area contributed by atoms with Gasteiger partial charge in [-0.2, -0.15) is 0 Å². The first-order valence-corrected chi connectivity index (χ1v) is 26.2. The van der Waals surface area contributed by atoms with Crippen LogP contribution in [-0.4, -0.2) is 92.8 Å². The number of aliphatic hydroxyl groups excluding tert-OH is 3. The van der Waals surface area contributed by atoms with Crippen LogP contribution in [0.25, 0.3) is 0 Å². The molecule has 0 spiro atoms. The summed E-state index contributed by atoms with van der Waals surface area (Å²) in [5.41, 5.74) is 0. The Kier molecular flexibility index (Phi) is 39.7. The van der Waals surface area contributed by atoms with Crippen molar-refractivity contribution in [1.29, 1.82) is 0 Å². The van der Waals surface area contributed by atoms with Crippen LogP contribution in [0, 0.1) is 0 Å². The normalized spacial score (nSPS) is 15.5. The monoisotopic (exact) mass is 937 g/mol. The Morgan fingerprint density at radius 2 is 1.00 bits per heavy atom. The number of allylic oxidation sites excluding steroid dienone is 7. The Morgan fingerprint density at radius 3 is 1.60 bits per heavy atom. The van der Waals surface area contributed by atoms with Crippen molar-refractivity contribution >= 4 is 27.6 Å². The molecule has 0 saturated carbocycles. The minimum Gasteiger partial charge on any atom is -0.462 e. The van der Waals surface area contributed by atoms with Gasteiger partial charge in [0, 0.05) is 12.8 Å². The SMILES string of the molecule is CCCCC/C=C\C[C@@H](O)/C=C/C=C/C=C\[C@@H](O)CCCC(=O)OC[C@H](COP(=O)(O)OC[C@@H](O)COP(=O)(O)O)OC(=O)CCCCCCCCC/C=C\CCCCCCCC. The fourth-order valence-electron chi connectivity index (χ4n) is 5.95. The molecule has 366 valence electrons. The highest BCUT2D eigenvalue weighted by molar-refractivity contribution is 7.47. The third-order valence-corrected chi connectivity index (χ3v) is 11.0. The van der Waals surface area contributed by atoms with E-state index >= 15 is 0 Å². The van der Waals surface area contributed by atoms with Crippen molar-refractivity contribution in [3.05, 3.63) is 60.8 Å². The number of unbranched alkanes of at least 4 members (excludes halogenated alkanes) is 16. The lowest BCUT2D eigenvalue weighted by molar-refractivity contribution is -0.161. The molecular weight excluding hydrogens is 854 g/mol. The van der Waals surface area contributed by atoms with Crippen molar-refractivity contribution in [2.45, 2.75) is 192 Å². The fourth-order valence-corrected chi connectivity index (χ4v) is 7.10. The zero-order valence-corrected chi connectivity index (χ0v) is 39.9. The predicted octanol–water partition coefficient (Wildman–Crippen LogP) is 9.95. The number of aliphatic hydroxyl groups is 3. The summed E-state index contributed by atoms with van der Waals surface area (Å²) in [5, 5.41) is 30.1. The topological polar surface area (TPSA) is 236 Å². The van der Waals surface area contributed by atoms with Gasteiger partial charge < -0.3 is 39.5 Å². The van der Waals surface area contributed by atoms with E-state index < -0.39 is 78.4 Å². The molecule has 15 nitrogen and oxygen atoms in total. The van der Waals surface area contributed by atoms with E-state index in [-0.39, 0.29) is 25.7 Å². The molecule has 0 aromatic heterocycles. The minimum absolute atomic E-state index is 0.0674. The molecule has 6 N–H and O–H groups in total. The number of carbonyl (C=O) groups is 2. The van der Waals surface area contributed by atoms with Crippen LogP contribution in [0.1, 0.15) is 168 Å². The Balaban J connectivity index is 4.73. The first-order valence-electron chi connectivity index (χ1n) is 23.2. The second-order valence-corrected chi connectivity index (χ2v) is 18.4. The highest BCUT2D eigenvalue weighted by Crippen LogP contribution is 2.43. The first-order chi connectivity index (χ1) is 30.2. The second-order valence-electron chi connectivity index (χ2n) is 15.7. The molecule has 0 fully saturated rings. The van der Waals surface area contributed by atoms with E-state index in [0.29, 0.717) is 12.8 Å². The van der Waals surface area contributed by atoms with Gasteiger partial charge in [0.05, 0.1) is 32.0 Å². The number of phosphoric acid groups is 2. The summed E-state index contributed by atoms with van der Waals surface area (Å²) in [4.78, 5) is 52.8. The van der Waals surface area contributed by atoms with E-state index in [1.54, 1.807) is 36.5 Å². The number of rotatable bonds is 43. The predicted molar refractivity (Wildman–Crippen MR) is 246 cm³/mol. The van der Waals surface area contributed by atoms with Crippen molar-refractivity contribution < 1.29 is 71.8 Å². The van der Waals surface area contributed by atoms with Gasteiger partial charge in [-0.15, -0.1) is 0 Å². The molecule has 17 heteroatoms. The van der Waals surface area contributed by atoms with Crippen molar-refractivity contribution in [3.8, 4) is 0 Å². The molecule has 0 saturated heterocycles. The molecule has 1 unspecified atom stereocenters. The van der Waals surface area contributed by atoms with Gasteiger partial charge in [0.15, 0.2) is 6.10 Å². The zero-order valence-electron chi connectivity index (χ0n) is 38.1. The van der Waals surface area contributed by atoms with Crippen molar-refractivity contribution in [3.63, 3.8) is 0 Å². The maximum atomic E-state index is 12.7. The summed E-state index contributed by atoms with van der Waals surface area (Å²) in [6.45, 7) is 1.42. The van der Waals surface area contributed by atoms with E-state index in [2.05, 4.69) is 41.1 Å². The number of phosphoric ester groups is 2. The highest BCUT2D eigenvalue weighted by Gasteiger charge is 2.28. The van der Waals surface area contributed by atoms with Crippen LogP contribution in [0.4, 0.5) is 0 Å². The maximum Gasteiger partial charge on any atom is 0.472 e. The van der Waals surface area contributed by atoms with Crippen LogP contribution in [0.5, 0.6) is 0 Å². The molecule has 0 amide bonds. The lowest BCUT2D eigenvalue weighted by Crippen LogP contribution is -2.30. The number of hydrogen-bond donors (Lipinski definition) is 6. The Labute approximate surface area is 377 Å². The molecular formula is C46H82O15P2. The molecule has 0 rings (SSSR count). The van der Waals surface area contributed by atoms with Gasteiger partial charge >= 0.3 is 27.6 Å². The number of carbonyl (C=O) groups excluding carboxylic acids is 2. The van der Waals surface area contributed by atoms with Crippen LogP contribution in [0.2, 0.25) is 0 Å². The quantitative estimate of drug-likeness (QED) is 0.0110. The van der Waals surface area contributed by atoms with Crippen molar-refractivity contribution in [1.82, 2.24) is 0 Å². The molecule has 0 radical (unpaired) electrons. The molecule has 0 heterocycles. The fraction of sp³-hybridized carbons (Fsp3) is 0.739. The summed E-state index contributed by atoms with van der Waals surface area (Å²) in [7, 11) is -9.76. The molecule has 0 aliphatic rings. The summed E-state index contributed by atoms with van der Waals surface area (Å²) in [5.74, 6) is -1.28. The molecule has 0 aromatic carbocycles. The van der Waals surface area contributed by atoms with Gasteiger partial charge in [-0.25, -0.2) is 9.13 Å². The summed E-state index contributed by atoms with van der Waals surface area (Å²) >= 11 is 0. The number of hydrogen-bond acceptors (Lipinski definition) is 12. The molecule has 0 bridgehead atoms. The zero-order chi connectivity index (χ0) is 46.9. The van der Waals surface area contributed by atoms with Crippen LogP contribution in [0.3, 0.4) is 0 Å². The summed E-state index contributed by atoms with van der Waals surface area (Å²) < 4.78 is 47.6. The summed E-state index contributed by atoms with van der Waals surface area (Å²) in [6, 6.07) is 0. The number of ether oxygens (including phenoxy) is 2. The standard InChI is InChI=1S/C46H82O15P2/c1-3-5-7-9-11-12-13-14-15-16-17-18-19-20-21-23-29-35-46(51)61-44(40-60-63(55,56)59-38-43(49)37-58-62(52,53)54)39-57-45(50)36-30-34-42(48)33-28-25-24-27-32-41(47)31-26-22-10-8-6-4-2/h14-15,22,24-28,32-33,41-44,47-49H,3-13,16-21,23,29-31,34-40H2,1-2H3,(H,55,56)(H2,52,53,54)/b15-14-,25-24+,26-22-,32-27+,33-28-/t41-,42-,43+,44-/m1/s1. The third kappa shape index (κ3) is 44.7. The van der Waals surface area contributed by atoms with Gasteiger partial charge in [-0.1, -0.05) is 152 Å². The lowest BCUT2D eigenvalue weighted by Gasteiger charge is -2.20. The largest absolute Gasteiger partial charge is 0.472 e. The Hall–Kier alpha value is -2.26. The third-order valence-electron chi connectivity index (χ3n) is 9.56. The Morgan fingerprint density at radius 1 is 0.524 bits per heavy atom. The minimum atomic E-state index is -4.89. The van der Waals surface area contributed by atoms with Crippen LogP contribution < -0.4 is 0 Å². The van der Waals surface area contributed by atoms with Gasteiger partial charge in [-0.05, 0) is 64.2 Å². The first kappa shape index (κ1) is 60.7. The van der Waals surface area contributed by atoms with Crippen LogP contribution in [-0.2, 0) is 41.8 Å². The van der Waals surface area contributed by atoms with Gasteiger partial charge in [-0.3, -0.25) is 23.2 Å². The van der Waals surface area contributed by atoms with E-state index in [0.717, 1.165) is 64.2 Å². The average molecular weight is 937 g/mol. The van der Waals surface area contributed by atoms with Crippen LogP contribution in [0.15, 0.2) is 60.8 Å². The van der Waals surface area contributed by atoms with Crippen molar-refractivity contribution in [2.75, 3.05) is 26.4 Å².